The lowest BCUT2D eigenvalue weighted by Crippen LogP contribution is -2.45. The largest absolute Gasteiger partial charge is 0.416 e. The van der Waals surface area contributed by atoms with Gasteiger partial charge in [0.2, 0.25) is 0 Å². The average molecular weight is 393 g/mol. The summed E-state index contributed by atoms with van der Waals surface area (Å²) in [5.41, 5.74) is 2.18. The highest BCUT2D eigenvalue weighted by Crippen LogP contribution is 2.34. The highest BCUT2D eigenvalue weighted by Gasteiger charge is 2.30. The first-order valence-corrected chi connectivity index (χ1v) is 9.43. The molecule has 2 atom stereocenters. The number of benzene rings is 1. The maximum absolute atomic E-state index is 12.8. The van der Waals surface area contributed by atoms with Gasteiger partial charge in [0.15, 0.2) is 0 Å². The van der Waals surface area contributed by atoms with Gasteiger partial charge in [-0.25, -0.2) is 4.98 Å². The average Bonchev–Trinajstić information content (AvgIpc) is 3.03. The topological polar surface area (TPSA) is 38.2 Å². The molecule has 1 aliphatic heterocycles. The molecule has 4 rings (SSSR count). The standard InChI is InChI=1S/C19H18F3N3OS/c1-11-9-25(10-12(2)26-11)18-17-16(24-27-18)8-7-15(23-17)13-3-5-14(6-4-13)19(20,21)22/h3-8,11-12H,9-10H2,1-2H3/t11-,12+. The minimum Gasteiger partial charge on any atom is -0.372 e. The molecule has 0 spiro atoms. The molecule has 27 heavy (non-hydrogen) atoms. The Morgan fingerprint density at radius 3 is 2.33 bits per heavy atom. The zero-order chi connectivity index (χ0) is 19.2. The van der Waals surface area contributed by atoms with Crippen LogP contribution in [0.4, 0.5) is 18.2 Å². The third kappa shape index (κ3) is 3.64. The number of anilines is 1. The second kappa shape index (κ2) is 6.76. The van der Waals surface area contributed by atoms with Crippen molar-refractivity contribution < 1.29 is 17.9 Å². The van der Waals surface area contributed by atoms with E-state index in [1.54, 1.807) is 6.07 Å². The van der Waals surface area contributed by atoms with Crippen LogP contribution in [-0.4, -0.2) is 34.7 Å². The Morgan fingerprint density at radius 1 is 1.04 bits per heavy atom. The van der Waals surface area contributed by atoms with E-state index >= 15 is 0 Å². The molecule has 4 nitrogen and oxygen atoms in total. The lowest BCUT2D eigenvalue weighted by molar-refractivity contribution is -0.137. The number of hydrogen-bond acceptors (Lipinski definition) is 5. The van der Waals surface area contributed by atoms with Crippen molar-refractivity contribution >= 4 is 27.6 Å². The lowest BCUT2D eigenvalue weighted by atomic mass is 10.1. The van der Waals surface area contributed by atoms with E-state index in [0.717, 1.165) is 41.3 Å². The monoisotopic (exact) mass is 393 g/mol. The van der Waals surface area contributed by atoms with Crippen LogP contribution in [0.25, 0.3) is 22.3 Å². The number of fused-ring (bicyclic) bond motifs is 1. The van der Waals surface area contributed by atoms with Crippen molar-refractivity contribution in [2.24, 2.45) is 0 Å². The number of alkyl halides is 3. The first-order chi connectivity index (χ1) is 12.8. The summed E-state index contributed by atoms with van der Waals surface area (Å²) >= 11 is 1.39. The summed E-state index contributed by atoms with van der Waals surface area (Å²) in [6.07, 6.45) is -4.11. The van der Waals surface area contributed by atoms with Gasteiger partial charge in [-0.15, -0.1) is 0 Å². The summed E-state index contributed by atoms with van der Waals surface area (Å²) in [6.45, 7) is 5.58. The molecule has 1 aromatic carbocycles. The molecule has 0 radical (unpaired) electrons. The van der Waals surface area contributed by atoms with Crippen LogP contribution in [0.15, 0.2) is 36.4 Å². The summed E-state index contributed by atoms with van der Waals surface area (Å²) in [5.74, 6) is 0. The van der Waals surface area contributed by atoms with Crippen molar-refractivity contribution in [1.29, 1.82) is 0 Å². The van der Waals surface area contributed by atoms with E-state index in [1.807, 2.05) is 19.9 Å². The molecule has 142 valence electrons. The van der Waals surface area contributed by atoms with Gasteiger partial charge in [-0.05, 0) is 49.6 Å². The zero-order valence-electron chi connectivity index (χ0n) is 14.8. The molecule has 0 amide bonds. The van der Waals surface area contributed by atoms with E-state index in [-0.39, 0.29) is 12.2 Å². The van der Waals surface area contributed by atoms with Gasteiger partial charge in [-0.1, -0.05) is 12.1 Å². The quantitative estimate of drug-likeness (QED) is 0.615. The predicted molar refractivity (Wildman–Crippen MR) is 100 cm³/mol. The van der Waals surface area contributed by atoms with E-state index in [9.17, 15) is 13.2 Å². The molecule has 0 unspecified atom stereocenters. The van der Waals surface area contributed by atoms with Crippen LogP contribution in [0.1, 0.15) is 19.4 Å². The van der Waals surface area contributed by atoms with Gasteiger partial charge < -0.3 is 9.64 Å². The van der Waals surface area contributed by atoms with Crippen LogP contribution < -0.4 is 4.90 Å². The maximum atomic E-state index is 12.8. The summed E-state index contributed by atoms with van der Waals surface area (Å²) < 4.78 is 48.6. The fourth-order valence-electron chi connectivity index (χ4n) is 3.36. The molecule has 0 N–H and O–H groups in total. The summed E-state index contributed by atoms with van der Waals surface area (Å²) in [4.78, 5) is 6.93. The van der Waals surface area contributed by atoms with E-state index in [1.165, 1.54) is 23.7 Å². The highest BCUT2D eigenvalue weighted by atomic mass is 32.1. The number of aromatic nitrogens is 2. The number of rotatable bonds is 2. The van der Waals surface area contributed by atoms with E-state index < -0.39 is 11.7 Å². The third-order valence-corrected chi connectivity index (χ3v) is 5.43. The Hall–Kier alpha value is -2.19. The van der Waals surface area contributed by atoms with Crippen molar-refractivity contribution in [3.63, 3.8) is 0 Å². The first-order valence-electron chi connectivity index (χ1n) is 8.66. The number of hydrogen-bond donors (Lipinski definition) is 0. The Balaban J connectivity index is 1.70. The zero-order valence-corrected chi connectivity index (χ0v) is 15.6. The molecule has 3 heterocycles. The van der Waals surface area contributed by atoms with Gasteiger partial charge in [0.1, 0.15) is 16.0 Å². The Bertz CT molecular complexity index is 945. The van der Waals surface area contributed by atoms with Gasteiger partial charge >= 0.3 is 6.18 Å². The number of halogens is 3. The molecular weight excluding hydrogens is 375 g/mol. The second-order valence-corrected chi connectivity index (χ2v) is 7.54. The van der Waals surface area contributed by atoms with E-state index in [0.29, 0.717) is 11.3 Å². The van der Waals surface area contributed by atoms with Gasteiger partial charge in [-0.3, -0.25) is 0 Å². The van der Waals surface area contributed by atoms with Crippen LogP contribution in [0, 0.1) is 0 Å². The van der Waals surface area contributed by atoms with Crippen LogP contribution in [0.2, 0.25) is 0 Å². The predicted octanol–water partition coefficient (Wildman–Crippen LogP) is 4.99. The van der Waals surface area contributed by atoms with Crippen LogP contribution >= 0.6 is 11.5 Å². The van der Waals surface area contributed by atoms with Crippen molar-refractivity contribution in [3.8, 4) is 11.3 Å². The van der Waals surface area contributed by atoms with Crippen molar-refractivity contribution in [3.05, 3.63) is 42.0 Å². The van der Waals surface area contributed by atoms with Gasteiger partial charge in [0.25, 0.3) is 0 Å². The SMILES string of the molecule is C[C@@H]1CN(c2snc3ccc(-c4ccc(C(F)(F)F)cc4)nc23)C[C@H](C)O1. The molecule has 3 aromatic rings. The Labute approximate surface area is 158 Å². The molecule has 0 bridgehead atoms. The number of pyridine rings is 1. The second-order valence-electron chi connectivity index (χ2n) is 6.79. The summed E-state index contributed by atoms with van der Waals surface area (Å²) in [6, 6.07) is 8.73. The van der Waals surface area contributed by atoms with Crippen molar-refractivity contribution in [2.45, 2.75) is 32.2 Å². The fourth-order valence-corrected chi connectivity index (χ4v) is 4.19. The number of ether oxygens (including phenoxy) is 1. The fraction of sp³-hybridized carbons (Fsp3) is 0.368. The minimum absolute atomic E-state index is 0.115. The van der Waals surface area contributed by atoms with Crippen LogP contribution in [-0.2, 0) is 10.9 Å². The lowest BCUT2D eigenvalue weighted by Gasteiger charge is -2.35. The maximum Gasteiger partial charge on any atom is 0.416 e. The first kappa shape index (κ1) is 18.2. The van der Waals surface area contributed by atoms with Crippen molar-refractivity contribution in [2.75, 3.05) is 18.0 Å². The third-order valence-electron chi connectivity index (χ3n) is 4.52. The van der Waals surface area contributed by atoms with Gasteiger partial charge in [-0.2, -0.15) is 17.5 Å². The molecule has 0 saturated carbocycles. The molecule has 2 aromatic heterocycles. The number of morpholine rings is 1. The van der Waals surface area contributed by atoms with Crippen molar-refractivity contribution in [1.82, 2.24) is 9.36 Å². The molecular formula is C19H18F3N3OS. The molecule has 0 aliphatic carbocycles. The normalized spacial score (nSPS) is 21.0. The Morgan fingerprint density at radius 2 is 1.70 bits per heavy atom. The smallest absolute Gasteiger partial charge is 0.372 e. The molecule has 1 fully saturated rings. The number of nitrogens with zero attached hydrogens (tertiary/aromatic N) is 3. The Kier molecular flexibility index (Phi) is 4.55. The molecule has 8 heteroatoms. The van der Waals surface area contributed by atoms with Crippen LogP contribution in [0.3, 0.4) is 0 Å². The van der Waals surface area contributed by atoms with Crippen LogP contribution in [0.5, 0.6) is 0 Å². The highest BCUT2D eigenvalue weighted by molar-refractivity contribution is 7.11. The minimum atomic E-state index is -4.34. The van der Waals surface area contributed by atoms with Gasteiger partial charge in [0, 0.05) is 18.7 Å². The van der Waals surface area contributed by atoms with Gasteiger partial charge in [0.05, 0.1) is 23.5 Å². The molecule has 1 aliphatic rings. The molecule has 1 saturated heterocycles. The van der Waals surface area contributed by atoms with E-state index in [4.69, 9.17) is 9.72 Å². The summed E-state index contributed by atoms with van der Waals surface area (Å²) in [7, 11) is 0. The van der Waals surface area contributed by atoms with E-state index in [2.05, 4.69) is 9.27 Å². The summed E-state index contributed by atoms with van der Waals surface area (Å²) in [5, 5.41) is 0.973.